The maximum absolute atomic E-state index is 6.77. The van der Waals surface area contributed by atoms with E-state index in [-0.39, 0.29) is 16.2 Å². The molecule has 0 radical (unpaired) electrons. The van der Waals surface area contributed by atoms with Gasteiger partial charge < -0.3 is 8.83 Å². The van der Waals surface area contributed by atoms with Gasteiger partial charge in [0.1, 0.15) is 28.1 Å². The van der Waals surface area contributed by atoms with Gasteiger partial charge in [0.05, 0.1) is 0 Å². The molecule has 0 saturated carbocycles. The van der Waals surface area contributed by atoms with Crippen molar-refractivity contribution >= 4 is 61.1 Å². The second-order valence-corrected chi connectivity index (χ2v) is 20.7. The lowest BCUT2D eigenvalue weighted by Gasteiger charge is -2.29. The summed E-state index contributed by atoms with van der Waals surface area (Å²) in [4.78, 5) is 7.49. The zero-order valence-corrected chi connectivity index (χ0v) is 38.8. The Balaban J connectivity index is 0.936. The van der Waals surface area contributed by atoms with E-state index >= 15 is 0 Å². The van der Waals surface area contributed by atoms with Crippen LogP contribution in [-0.2, 0) is 16.2 Å². The fraction of sp³-hybridized carbons (Fsp3) is 0.159. The van der Waals surface area contributed by atoms with Crippen molar-refractivity contribution in [2.45, 2.75) is 64.7 Å². The van der Waals surface area contributed by atoms with Gasteiger partial charge in [-0.25, -0.2) is 4.98 Å². The molecule has 0 atom stereocenters. The lowest BCUT2D eigenvalue weighted by atomic mass is 9.79. The Hall–Kier alpha value is -7.69. The van der Waals surface area contributed by atoms with Gasteiger partial charge >= 0.3 is 0 Å². The summed E-state index contributed by atoms with van der Waals surface area (Å²) >= 11 is 0. The first-order chi connectivity index (χ1) is 32.4. The average Bonchev–Trinajstić information content (AvgIpc) is 4.08. The molecule has 14 rings (SSSR count). The number of para-hydroxylation sites is 2. The molecule has 0 spiro atoms. The first kappa shape index (κ1) is 38.6. The van der Waals surface area contributed by atoms with Crippen LogP contribution in [0.1, 0.15) is 80.5 Å². The summed E-state index contributed by atoms with van der Waals surface area (Å²) < 4.78 is 13.2. The molecule has 11 aromatic rings. The van der Waals surface area contributed by atoms with Gasteiger partial charge in [0, 0.05) is 60.9 Å². The number of aromatic nitrogens is 1. The van der Waals surface area contributed by atoms with E-state index in [1.807, 2.05) is 12.3 Å². The fourth-order valence-corrected chi connectivity index (χ4v) is 12.6. The largest absolute Gasteiger partial charge is 0.456 e. The van der Waals surface area contributed by atoms with Crippen LogP contribution < -0.4 is 4.90 Å². The maximum atomic E-state index is 6.77. The van der Waals surface area contributed by atoms with Gasteiger partial charge in [-0.1, -0.05) is 133 Å². The SMILES string of the molecule is Cc1cccnc1N(c1ccc2c(c1)C(C)(C)c1cc3c(cc1-2)C(C)(C)c1ccc2oc4ccccc4c2c1-3)c1ccc2c(c1)C(C)(C)c1cc(-c3ccccc3)c3oc4ccccc4c3c1-2. The Morgan fingerprint density at radius 1 is 0.418 bits per heavy atom. The first-order valence-corrected chi connectivity index (χ1v) is 23.6. The normalized spacial score (nSPS) is 15.4. The number of pyridine rings is 1. The van der Waals surface area contributed by atoms with Crippen molar-refractivity contribution in [3.8, 4) is 44.5 Å². The van der Waals surface area contributed by atoms with E-state index in [1.165, 1.54) is 82.9 Å². The molecule has 0 unspecified atom stereocenters. The fourth-order valence-electron chi connectivity index (χ4n) is 12.6. The minimum Gasteiger partial charge on any atom is -0.456 e. The quantitative estimate of drug-likeness (QED) is 0.177. The number of fused-ring (bicyclic) bond motifs is 17. The molecule has 0 saturated heterocycles. The number of hydrogen-bond acceptors (Lipinski definition) is 4. The molecule has 4 heteroatoms. The van der Waals surface area contributed by atoms with Gasteiger partial charge in [0.15, 0.2) is 0 Å². The second-order valence-electron chi connectivity index (χ2n) is 20.7. The molecule has 0 aliphatic heterocycles. The molecule has 0 bridgehead atoms. The van der Waals surface area contributed by atoms with Crippen LogP contribution in [0, 0.1) is 6.92 Å². The van der Waals surface area contributed by atoms with Crippen LogP contribution in [0.15, 0.2) is 173 Å². The topological polar surface area (TPSA) is 42.4 Å². The van der Waals surface area contributed by atoms with Crippen molar-refractivity contribution in [1.29, 1.82) is 0 Å². The lowest BCUT2D eigenvalue weighted by molar-refractivity contribution is 0.651. The molecule has 3 aliphatic carbocycles. The molecule has 0 amide bonds. The standard InChI is InChI=1S/C63H48N2O2/c1-35-16-15-29-64-60(35)65(38-24-26-40-48(31-38)63(6,7)51-32-43(36-17-9-8-10-18-36)59-58(55(40)51)42-20-12-14-22-53(42)67-59)37-23-25-39-44-33-50-45(34-49(44)62(4,5)47(39)30-37)56-46(61(50,2)3)27-28-54-57(56)41-19-11-13-21-52(41)66-54/h8-34H,1-7H3. The molecule has 8 aromatic carbocycles. The third kappa shape index (κ3) is 5.00. The number of anilines is 3. The predicted molar refractivity (Wildman–Crippen MR) is 276 cm³/mol. The van der Waals surface area contributed by atoms with Crippen LogP contribution in [-0.4, -0.2) is 4.98 Å². The Kier molecular flexibility index (Phi) is 7.49. The molecule has 67 heavy (non-hydrogen) atoms. The van der Waals surface area contributed by atoms with Gasteiger partial charge in [0.2, 0.25) is 0 Å². The van der Waals surface area contributed by atoms with E-state index in [4.69, 9.17) is 13.8 Å². The van der Waals surface area contributed by atoms with Crippen molar-refractivity contribution in [3.63, 3.8) is 0 Å². The molecule has 3 aliphatic rings. The van der Waals surface area contributed by atoms with Crippen molar-refractivity contribution in [2.75, 3.05) is 4.90 Å². The highest BCUT2D eigenvalue weighted by Gasteiger charge is 2.44. The summed E-state index contributed by atoms with van der Waals surface area (Å²) in [6.45, 7) is 16.5. The molecular weight excluding hydrogens is 817 g/mol. The highest BCUT2D eigenvalue weighted by molar-refractivity contribution is 6.19. The number of benzene rings is 8. The summed E-state index contributed by atoms with van der Waals surface area (Å²) in [5.41, 5.74) is 24.3. The monoisotopic (exact) mass is 864 g/mol. The minimum atomic E-state index is -0.301. The van der Waals surface area contributed by atoms with Crippen LogP contribution in [0.3, 0.4) is 0 Å². The number of aryl methyl sites for hydroxylation is 1. The van der Waals surface area contributed by atoms with E-state index < -0.39 is 0 Å². The number of rotatable bonds is 4. The average molecular weight is 865 g/mol. The molecule has 0 fully saturated rings. The van der Waals surface area contributed by atoms with Gasteiger partial charge in [-0.3, -0.25) is 4.90 Å². The van der Waals surface area contributed by atoms with E-state index in [9.17, 15) is 0 Å². The number of furan rings is 2. The molecule has 3 heterocycles. The van der Waals surface area contributed by atoms with Crippen LogP contribution >= 0.6 is 0 Å². The predicted octanol–water partition coefficient (Wildman–Crippen LogP) is 17.2. The summed E-state index contributed by atoms with van der Waals surface area (Å²) in [5, 5.41) is 4.73. The molecule has 3 aromatic heterocycles. The van der Waals surface area contributed by atoms with Gasteiger partial charge in [0.25, 0.3) is 0 Å². The molecule has 4 nitrogen and oxygen atoms in total. The summed E-state index contributed by atoms with van der Waals surface area (Å²) in [6.07, 6.45) is 1.92. The Labute approximate surface area is 390 Å². The van der Waals surface area contributed by atoms with Gasteiger partial charge in [-0.15, -0.1) is 0 Å². The van der Waals surface area contributed by atoms with Crippen molar-refractivity contribution in [1.82, 2.24) is 4.98 Å². The van der Waals surface area contributed by atoms with E-state index in [0.29, 0.717) is 0 Å². The van der Waals surface area contributed by atoms with Crippen molar-refractivity contribution in [3.05, 3.63) is 203 Å². The lowest BCUT2D eigenvalue weighted by Crippen LogP contribution is -2.19. The van der Waals surface area contributed by atoms with Crippen LogP contribution in [0.5, 0.6) is 0 Å². The second kappa shape index (κ2) is 13.0. The maximum Gasteiger partial charge on any atom is 0.143 e. The number of nitrogens with zero attached hydrogens (tertiary/aromatic N) is 2. The molecular formula is C63H48N2O2. The third-order valence-electron chi connectivity index (χ3n) is 16.0. The molecule has 322 valence electrons. The highest BCUT2D eigenvalue weighted by atomic mass is 16.3. The van der Waals surface area contributed by atoms with Gasteiger partial charge in [-0.2, -0.15) is 0 Å². The van der Waals surface area contributed by atoms with Gasteiger partial charge in [-0.05, 0) is 152 Å². The van der Waals surface area contributed by atoms with E-state index in [2.05, 4.69) is 205 Å². The van der Waals surface area contributed by atoms with Crippen LogP contribution in [0.25, 0.3) is 88.4 Å². The van der Waals surface area contributed by atoms with E-state index in [1.54, 1.807) is 0 Å². The molecule has 0 N–H and O–H groups in total. The highest BCUT2D eigenvalue weighted by Crippen LogP contribution is 2.60. The zero-order chi connectivity index (χ0) is 45.3. The minimum absolute atomic E-state index is 0.174. The summed E-state index contributed by atoms with van der Waals surface area (Å²) in [6, 6.07) is 58.0. The smallest absolute Gasteiger partial charge is 0.143 e. The summed E-state index contributed by atoms with van der Waals surface area (Å²) in [5.74, 6) is 0.923. The number of hydrogen-bond donors (Lipinski definition) is 0. The Bertz CT molecular complexity index is 3970. The van der Waals surface area contributed by atoms with E-state index in [0.717, 1.165) is 61.6 Å². The Morgan fingerprint density at radius 2 is 0.985 bits per heavy atom. The first-order valence-electron chi connectivity index (χ1n) is 23.6. The Morgan fingerprint density at radius 3 is 1.73 bits per heavy atom. The van der Waals surface area contributed by atoms with Crippen molar-refractivity contribution < 1.29 is 8.83 Å². The van der Waals surface area contributed by atoms with Crippen LogP contribution in [0.2, 0.25) is 0 Å². The van der Waals surface area contributed by atoms with Crippen LogP contribution in [0.4, 0.5) is 17.2 Å². The third-order valence-corrected chi connectivity index (χ3v) is 16.0. The van der Waals surface area contributed by atoms with Crippen molar-refractivity contribution in [2.24, 2.45) is 0 Å². The summed E-state index contributed by atoms with van der Waals surface area (Å²) in [7, 11) is 0. The zero-order valence-electron chi connectivity index (χ0n) is 38.8.